The number of carbonyl (C=O) groups excluding carboxylic acids is 1. The minimum Gasteiger partial charge on any atom is -0.489 e. The Bertz CT molecular complexity index is 555. The van der Waals surface area contributed by atoms with Gasteiger partial charge in [0.05, 0.1) is 0 Å². The highest BCUT2D eigenvalue weighted by molar-refractivity contribution is 5.76. The minimum atomic E-state index is -0.0330. The lowest BCUT2D eigenvalue weighted by molar-refractivity contribution is -0.121. The van der Waals surface area contributed by atoms with Crippen LogP contribution in [0, 0.1) is 0 Å². The maximum atomic E-state index is 11.3. The van der Waals surface area contributed by atoms with Gasteiger partial charge < -0.3 is 15.8 Å². The quantitative estimate of drug-likeness (QED) is 0.810. The summed E-state index contributed by atoms with van der Waals surface area (Å²) in [5.41, 5.74) is 7.36. The lowest BCUT2D eigenvalue weighted by Crippen LogP contribution is -2.24. The Hall–Kier alpha value is -2.40. The zero-order valence-electron chi connectivity index (χ0n) is 11.8. The summed E-state index contributed by atoms with van der Waals surface area (Å²) >= 11 is 0. The summed E-state index contributed by atoms with van der Waals surface area (Å²) in [4.78, 5) is 15.4. The van der Waals surface area contributed by atoms with Gasteiger partial charge >= 0.3 is 0 Å². The standard InChI is InChI=1S/C16H19N3O2/c17-8-7-16(20)19-11-13-3-5-15(6-4-13)21-12-14-2-1-9-18-10-14/h1-6,9-10H,7-8,11-12,17H2,(H,19,20). The van der Waals surface area contributed by atoms with Crippen LogP contribution in [0.5, 0.6) is 5.75 Å². The van der Waals surface area contributed by atoms with Crippen LogP contribution in [0.15, 0.2) is 48.8 Å². The molecule has 0 aliphatic heterocycles. The van der Waals surface area contributed by atoms with Crippen LogP contribution in [0.2, 0.25) is 0 Å². The minimum absolute atomic E-state index is 0.0330. The number of nitrogens with zero attached hydrogens (tertiary/aromatic N) is 1. The van der Waals surface area contributed by atoms with Crippen LogP contribution in [0.1, 0.15) is 17.5 Å². The second kappa shape index (κ2) is 8.01. The molecule has 1 heterocycles. The van der Waals surface area contributed by atoms with Gasteiger partial charge in [-0.3, -0.25) is 9.78 Å². The van der Waals surface area contributed by atoms with Gasteiger partial charge in [0.15, 0.2) is 0 Å². The van der Waals surface area contributed by atoms with Crippen molar-refractivity contribution in [3.8, 4) is 5.75 Å². The average molecular weight is 285 g/mol. The normalized spacial score (nSPS) is 10.1. The third-order valence-corrected chi connectivity index (χ3v) is 2.91. The van der Waals surface area contributed by atoms with Gasteiger partial charge in [-0.25, -0.2) is 0 Å². The second-order valence-corrected chi connectivity index (χ2v) is 4.61. The van der Waals surface area contributed by atoms with Crippen LogP contribution < -0.4 is 15.8 Å². The van der Waals surface area contributed by atoms with E-state index >= 15 is 0 Å². The predicted octanol–water partition coefficient (Wildman–Crippen LogP) is 1.63. The van der Waals surface area contributed by atoms with E-state index < -0.39 is 0 Å². The van der Waals surface area contributed by atoms with E-state index in [0.29, 0.717) is 26.1 Å². The van der Waals surface area contributed by atoms with Gasteiger partial charge in [-0.2, -0.15) is 0 Å². The first-order valence-corrected chi connectivity index (χ1v) is 6.85. The van der Waals surface area contributed by atoms with Gasteiger partial charge in [-0.05, 0) is 23.8 Å². The number of nitrogens with one attached hydrogen (secondary N) is 1. The van der Waals surface area contributed by atoms with E-state index in [2.05, 4.69) is 10.3 Å². The molecule has 0 saturated heterocycles. The molecular formula is C16H19N3O2. The van der Waals surface area contributed by atoms with E-state index in [1.54, 1.807) is 12.4 Å². The summed E-state index contributed by atoms with van der Waals surface area (Å²) in [5, 5.41) is 2.81. The molecule has 110 valence electrons. The Balaban J connectivity index is 1.80. The molecule has 5 nitrogen and oxygen atoms in total. The van der Waals surface area contributed by atoms with Crippen molar-refractivity contribution in [2.45, 2.75) is 19.6 Å². The van der Waals surface area contributed by atoms with Crippen molar-refractivity contribution >= 4 is 5.91 Å². The summed E-state index contributed by atoms with van der Waals surface area (Å²) in [6.07, 6.45) is 3.87. The van der Waals surface area contributed by atoms with Crippen molar-refractivity contribution in [2.75, 3.05) is 6.54 Å². The number of pyridine rings is 1. The van der Waals surface area contributed by atoms with E-state index in [0.717, 1.165) is 16.9 Å². The smallest absolute Gasteiger partial charge is 0.221 e. The lowest BCUT2D eigenvalue weighted by Gasteiger charge is -2.08. The highest BCUT2D eigenvalue weighted by atomic mass is 16.5. The maximum Gasteiger partial charge on any atom is 0.221 e. The first kappa shape index (κ1) is 15.0. The number of carbonyl (C=O) groups is 1. The van der Waals surface area contributed by atoms with Crippen LogP contribution in [0.25, 0.3) is 0 Å². The van der Waals surface area contributed by atoms with Gasteiger partial charge in [0.2, 0.25) is 5.91 Å². The van der Waals surface area contributed by atoms with Crippen LogP contribution in [0.4, 0.5) is 0 Å². The highest BCUT2D eigenvalue weighted by Crippen LogP contribution is 2.14. The van der Waals surface area contributed by atoms with E-state index in [4.69, 9.17) is 10.5 Å². The number of rotatable bonds is 7. The van der Waals surface area contributed by atoms with E-state index in [-0.39, 0.29) is 5.91 Å². The Morgan fingerprint density at radius 3 is 2.67 bits per heavy atom. The molecule has 0 spiro atoms. The molecule has 0 unspecified atom stereocenters. The van der Waals surface area contributed by atoms with Gasteiger partial charge in [-0.1, -0.05) is 18.2 Å². The number of ether oxygens (including phenoxy) is 1. The first-order valence-electron chi connectivity index (χ1n) is 6.85. The molecule has 0 bridgehead atoms. The van der Waals surface area contributed by atoms with E-state index in [1.807, 2.05) is 36.4 Å². The molecule has 2 aromatic rings. The fourth-order valence-electron chi connectivity index (χ4n) is 1.77. The zero-order chi connectivity index (χ0) is 14.9. The second-order valence-electron chi connectivity index (χ2n) is 4.61. The molecule has 0 saturated carbocycles. The number of hydrogen-bond donors (Lipinski definition) is 2. The highest BCUT2D eigenvalue weighted by Gasteiger charge is 2.00. The molecule has 1 aromatic carbocycles. The molecule has 0 radical (unpaired) electrons. The topological polar surface area (TPSA) is 77.2 Å². The molecule has 1 amide bonds. The monoisotopic (exact) mass is 285 g/mol. The molecule has 1 aromatic heterocycles. The summed E-state index contributed by atoms with van der Waals surface area (Å²) in [5.74, 6) is 0.755. The molecule has 0 atom stereocenters. The van der Waals surface area contributed by atoms with Crippen molar-refractivity contribution in [2.24, 2.45) is 5.73 Å². The Morgan fingerprint density at radius 1 is 1.19 bits per heavy atom. The van der Waals surface area contributed by atoms with Crippen LogP contribution >= 0.6 is 0 Å². The molecular weight excluding hydrogens is 266 g/mol. The van der Waals surface area contributed by atoms with E-state index in [1.165, 1.54) is 0 Å². The number of amides is 1. The molecule has 21 heavy (non-hydrogen) atoms. The van der Waals surface area contributed by atoms with Crippen molar-refractivity contribution < 1.29 is 9.53 Å². The number of hydrogen-bond acceptors (Lipinski definition) is 4. The molecule has 5 heteroatoms. The van der Waals surface area contributed by atoms with Crippen molar-refractivity contribution in [1.29, 1.82) is 0 Å². The van der Waals surface area contributed by atoms with Crippen LogP contribution in [-0.4, -0.2) is 17.4 Å². The molecule has 0 aliphatic carbocycles. The fraction of sp³-hybridized carbons (Fsp3) is 0.250. The molecule has 3 N–H and O–H groups in total. The van der Waals surface area contributed by atoms with Gasteiger partial charge in [0.1, 0.15) is 12.4 Å². The summed E-state index contributed by atoms with van der Waals surface area (Å²) in [6, 6.07) is 11.5. The summed E-state index contributed by atoms with van der Waals surface area (Å²) in [6.45, 7) is 1.36. The predicted molar refractivity (Wildman–Crippen MR) is 80.5 cm³/mol. The van der Waals surface area contributed by atoms with Gasteiger partial charge in [0, 0.05) is 37.5 Å². The number of aromatic nitrogens is 1. The summed E-state index contributed by atoms with van der Waals surface area (Å²) in [7, 11) is 0. The Labute approximate surface area is 124 Å². The SMILES string of the molecule is NCCC(=O)NCc1ccc(OCc2cccnc2)cc1. The summed E-state index contributed by atoms with van der Waals surface area (Å²) < 4.78 is 5.67. The number of nitrogens with two attached hydrogens (primary N) is 1. The van der Waals surface area contributed by atoms with Crippen LogP contribution in [0.3, 0.4) is 0 Å². The Morgan fingerprint density at radius 2 is 2.00 bits per heavy atom. The number of benzene rings is 1. The lowest BCUT2D eigenvalue weighted by atomic mass is 10.2. The maximum absolute atomic E-state index is 11.3. The van der Waals surface area contributed by atoms with Crippen molar-refractivity contribution in [1.82, 2.24) is 10.3 Å². The van der Waals surface area contributed by atoms with Crippen molar-refractivity contribution in [3.05, 3.63) is 59.9 Å². The Kier molecular flexibility index (Phi) is 5.72. The third-order valence-electron chi connectivity index (χ3n) is 2.91. The average Bonchev–Trinajstić information content (AvgIpc) is 2.53. The molecule has 2 rings (SSSR count). The van der Waals surface area contributed by atoms with Crippen molar-refractivity contribution in [3.63, 3.8) is 0 Å². The van der Waals surface area contributed by atoms with Gasteiger partial charge in [0.25, 0.3) is 0 Å². The molecule has 0 fully saturated rings. The first-order chi connectivity index (χ1) is 10.3. The van der Waals surface area contributed by atoms with Crippen LogP contribution in [-0.2, 0) is 17.9 Å². The van der Waals surface area contributed by atoms with E-state index in [9.17, 15) is 4.79 Å². The largest absolute Gasteiger partial charge is 0.489 e. The molecule has 0 aliphatic rings. The van der Waals surface area contributed by atoms with Gasteiger partial charge in [-0.15, -0.1) is 0 Å². The third kappa shape index (κ3) is 5.24. The zero-order valence-corrected chi connectivity index (χ0v) is 11.8. The fourth-order valence-corrected chi connectivity index (χ4v) is 1.77.